The van der Waals surface area contributed by atoms with Crippen LogP contribution in [0.25, 0.3) is 11.1 Å². The van der Waals surface area contributed by atoms with Gasteiger partial charge in [-0.05, 0) is 49.7 Å². The van der Waals surface area contributed by atoms with E-state index in [-0.39, 0.29) is 17.5 Å². The number of aliphatic hydroxyl groups excluding tert-OH is 1. The molecule has 2 fully saturated rings. The molecule has 1 aromatic carbocycles. The first-order chi connectivity index (χ1) is 14.5. The lowest BCUT2D eigenvalue weighted by atomic mass is 9.77. The fourth-order valence-corrected chi connectivity index (χ4v) is 4.32. The van der Waals surface area contributed by atoms with Gasteiger partial charge in [-0.2, -0.15) is 4.98 Å². The summed E-state index contributed by atoms with van der Waals surface area (Å²) < 4.78 is 5.64. The first kappa shape index (κ1) is 19.0. The molecule has 0 amide bonds. The third-order valence-electron chi connectivity index (χ3n) is 6.50. The molecule has 2 aromatic heterocycles. The van der Waals surface area contributed by atoms with Gasteiger partial charge in [0, 0.05) is 31.0 Å². The summed E-state index contributed by atoms with van der Waals surface area (Å²) in [6, 6.07) is 8.99. The maximum absolute atomic E-state index is 9.75. The lowest BCUT2D eigenvalue weighted by Gasteiger charge is -2.28. The lowest BCUT2D eigenvalue weighted by molar-refractivity contribution is 0.143. The molecule has 1 saturated heterocycles. The number of hydrogen-bond acceptors (Lipinski definition) is 8. The first-order valence-electron chi connectivity index (χ1n) is 10.5. The summed E-state index contributed by atoms with van der Waals surface area (Å²) in [6.45, 7) is 3.68. The van der Waals surface area contributed by atoms with E-state index in [1.165, 1.54) is 5.56 Å². The van der Waals surface area contributed by atoms with Crippen LogP contribution in [0.1, 0.15) is 44.0 Å². The summed E-state index contributed by atoms with van der Waals surface area (Å²) >= 11 is 0. The van der Waals surface area contributed by atoms with Crippen LogP contribution in [-0.4, -0.2) is 44.4 Å². The number of nitrogens with two attached hydrogens (primary N) is 1. The summed E-state index contributed by atoms with van der Waals surface area (Å²) in [7, 11) is 0. The SMILES string of the molecule is C[C@](c1ccc(-c2cnc(N)nc2)cc1)(c1noc(N2CCC(O)CC2)n1)C1CC1. The maximum atomic E-state index is 9.75. The zero-order valence-corrected chi connectivity index (χ0v) is 17.0. The number of piperidine rings is 1. The maximum Gasteiger partial charge on any atom is 0.324 e. The van der Waals surface area contributed by atoms with Gasteiger partial charge in [0.05, 0.1) is 11.5 Å². The molecule has 3 aromatic rings. The van der Waals surface area contributed by atoms with E-state index >= 15 is 0 Å². The van der Waals surface area contributed by atoms with Crippen LogP contribution in [0, 0.1) is 5.92 Å². The summed E-state index contributed by atoms with van der Waals surface area (Å²) in [5.41, 5.74) is 8.43. The van der Waals surface area contributed by atoms with Crippen LogP contribution in [-0.2, 0) is 5.41 Å². The molecular weight excluding hydrogens is 380 g/mol. The lowest BCUT2D eigenvalue weighted by Crippen LogP contribution is -2.36. The highest BCUT2D eigenvalue weighted by atomic mass is 16.5. The Morgan fingerprint density at radius 1 is 1.03 bits per heavy atom. The van der Waals surface area contributed by atoms with E-state index in [2.05, 4.69) is 51.2 Å². The Morgan fingerprint density at radius 2 is 1.70 bits per heavy atom. The average Bonchev–Trinajstić information content (AvgIpc) is 3.52. The molecule has 1 aliphatic heterocycles. The highest BCUT2D eigenvalue weighted by Crippen LogP contribution is 2.50. The second kappa shape index (κ2) is 7.36. The Labute approximate surface area is 175 Å². The largest absolute Gasteiger partial charge is 0.393 e. The van der Waals surface area contributed by atoms with Crippen molar-refractivity contribution >= 4 is 12.0 Å². The molecule has 1 atom stereocenters. The molecule has 0 radical (unpaired) electrons. The fraction of sp³-hybridized carbons (Fsp3) is 0.455. The Kier molecular flexibility index (Phi) is 4.66. The molecule has 0 unspecified atom stereocenters. The Bertz CT molecular complexity index is 1010. The molecule has 30 heavy (non-hydrogen) atoms. The Morgan fingerprint density at radius 3 is 2.33 bits per heavy atom. The monoisotopic (exact) mass is 406 g/mol. The van der Waals surface area contributed by atoms with Crippen molar-refractivity contribution in [2.75, 3.05) is 23.7 Å². The smallest absolute Gasteiger partial charge is 0.324 e. The normalized spacial score (nSPS) is 19.6. The second-order valence-electron chi connectivity index (χ2n) is 8.50. The predicted molar refractivity (Wildman–Crippen MR) is 113 cm³/mol. The summed E-state index contributed by atoms with van der Waals surface area (Å²) in [4.78, 5) is 15.0. The highest BCUT2D eigenvalue weighted by Gasteiger charge is 2.47. The minimum atomic E-state index is -0.298. The van der Waals surface area contributed by atoms with Gasteiger partial charge in [0.2, 0.25) is 5.95 Å². The number of nitrogen functional groups attached to an aromatic ring is 1. The van der Waals surface area contributed by atoms with E-state index in [0.29, 0.717) is 11.9 Å². The van der Waals surface area contributed by atoms with Gasteiger partial charge >= 0.3 is 6.01 Å². The van der Waals surface area contributed by atoms with E-state index < -0.39 is 0 Å². The van der Waals surface area contributed by atoms with Crippen molar-refractivity contribution in [1.29, 1.82) is 0 Å². The highest BCUT2D eigenvalue weighted by molar-refractivity contribution is 5.62. The van der Waals surface area contributed by atoms with Gasteiger partial charge in [-0.25, -0.2) is 9.97 Å². The number of rotatable bonds is 5. The van der Waals surface area contributed by atoms with Gasteiger partial charge in [-0.3, -0.25) is 0 Å². The van der Waals surface area contributed by atoms with E-state index in [1.807, 2.05) is 0 Å². The van der Waals surface area contributed by atoms with Crippen LogP contribution >= 0.6 is 0 Å². The molecule has 5 rings (SSSR count). The van der Waals surface area contributed by atoms with Crippen LogP contribution in [0.4, 0.5) is 12.0 Å². The quantitative estimate of drug-likeness (QED) is 0.665. The number of hydrogen-bond donors (Lipinski definition) is 2. The Hall–Kier alpha value is -3.00. The summed E-state index contributed by atoms with van der Waals surface area (Å²) in [6.07, 6.45) is 7.01. The second-order valence-corrected chi connectivity index (χ2v) is 8.50. The van der Waals surface area contributed by atoms with Crippen molar-refractivity contribution in [3.63, 3.8) is 0 Å². The third-order valence-corrected chi connectivity index (χ3v) is 6.50. The number of nitrogens with zero attached hydrogens (tertiary/aromatic N) is 5. The molecule has 3 N–H and O–H groups in total. The van der Waals surface area contributed by atoms with Gasteiger partial charge in [-0.1, -0.05) is 29.4 Å². The van der Waals surface area contributed by atoms with Gasteiger partial charge < -0.3 is 20.3 Å². The van der Waals surface area contributed by atoms with Crippen LogP contribution in [0.5, 0.6) is 0 Å². The molecule has 1 aliphatic carbocycles. The molecule has 3 heterocycles. The molecule has 2 aliphatic rings. The van der Waals surface area contributed by atoms with Gasteiger partial charge in [-0.15, -0.1) is 0 Å². The van der Waals surface area contributed by atoms with Crippen molar-refractivity contribution in [3.05, 3.63) is 48.0 Å². The summed E-state index contributed by atoms with van der Waals surface area (Å²) in [5, 5.41) is 14.1. The minimum absolute atomic E-state index is 0.231. The fourth-order valence-electron chi connectivity index (χ4n) is 4.32. The molecule has 0 spiro atoms. The van der Waals surface area contributed by atoms with Gasteiger partial charge in [0.25, 0.3) is 0 Å². The molecule has 8 nitrogen and oxygen atoms in total. The molecule has 0 bridgehead atoms. The zero-order valence-electron chi connectivity index (χ0n) is 17.0. The van der Waals surface area contributed by atoms with Gasteiger partial charge in [0.15, 0.2) is 5.82 Å². The van der Waals surface area contributed by atoms with E-state index in [1.54, 1.807) is 12.4 Å². The van der Waals surface area contributed by atoms with Crippen molar-refractivity contribution < 1.29 is 9.63 Å². The van der Waals surface area contributed by atoms with Crippen LogP contribution < -0.4 is 10.6 Å². The molecule has 1 saturated carbocycles. The minimum Gasteiger partial charge on any atom is -0.393 e. The van der Waals surface area contributed by atoms with Crippen molar-refractivity contribution in [1.82, 2.24) is 20.1 Å². The number of aliphatic hydroxyl groups is 1. The van der Waals surface area contributed by atoms with Crippen molar-refractivity contribution in [2.45, 2.75) is 44.1 Å². The van der Waals surface area contributed by atoms with Gasteiger partial charge in [0.1, 0.15) is 0 Å². The molecular formula is C22H26N6O2. The first-order valence-corrected chi connectivity index (χ1v) is 10.5. The standard InChI is InChI=1S/C22H26N6O2/c1-22(17-6-7-17,19-26-21(30-27-19)28-10-8-18(29)9-11-28)16-4-2-14(3-5-16)15-12-24-20(23)25-13-15/h2-5,12-13,17-18,29H,6-11H2,1H3,(H2,23,24,25)/t22-/m1/s1. The topological polar surface area (TPSA) is 114 Å². The number of anilines is 2. The number of benzene rings is 1. The van der Waals surface area contributed by atoms with Crippen molar-refractivity contribution in [3.8, 4) is 11.1 Å². The Balaban J connectivity index is 1.43. The van der Waals surface area contributed by atoms with E-state index in [4.69, 9.17) is 15.2 Å². The van der Waals surface area contributed by atoms with Crippen LogP contribution in [0.3, 0.4) is 0 Å². The van der Waals surface area contributed by atoms with E-state index in [9.17, 15) is 5.11 Å². The number of aromatic nitrogens is 4. The third kappa shape index (κ3) is 3.41. The molecule has 8 heteroatoms. The molecule has 156 valence electrons. The zero-order chi connectivity index (χ0) is 20.7. The van der Waals surface area contributed by atoms with Crippen LogP contribution in [0.2, 0.25) is 0 Å². The summed E-state index contributed by atoms with van der Waals surface area (Å²) in [5.74, 6) is 1.50. The van der Waals surface area contributed by atoms with Crippen LogP contribution in [0.15, 0.2) is 41.2 Å². The van der Waals surface area contributed by atoms with E-state index in [0.717, 1.165) is 55.7 Å². The predicted octanol–water partition coefficient (Wildman–Crippen LogP) is 2.79. The average molecular weight is 406 g/mol. The van der Waals surface area contributed by atoms with Crippen molar-refractivity contribution in [2.24, 2.45) is 5.92 Å².